The molecule has 2 rings (SSSR count). The first kappa shape index (κ1) is 16.8. The maximum atomic E-state index is 12.1. The van der Waals surface area contributed by atoms with E-state index >= 15 is 0 Å². The van der Waals surface area contributed by atoms with Gasteiger partial charge in [-0.3, -0.25) is 5.21 Å². The average Bonchev–Trinajstić information content (AvgIpc) is 2.69. The van der Waals surface area contributed by atoms with Crippen molar-refractivity contribution in [2.75, 3.05) is 11.8 Å². The molecule has 1 fully saturated rings. The first-order valence-electron chi connectivity index (χ1n) is 7.61. The van der Waals surface area contributed by atoms with Crippen LogP contribution in [0.4, 0.5) is 5.69 Å². The lowest BCUT2D eigenvalue weighted by Crippen LogP contribution is -2.37. The number of rotatable bonds is 4. The molecule has 0 bridgehead atoms. The molecule has 1 aliphatic rings. The largest absolute Gasteiger partial charge is 0.733 e. The van der Waals surface area contributed by atoms with Crippen LogP contribution in [0.15, 0.2) is 24.3 Å². The maximum Gasteiger partial charge on any atom is 0.338 e. The normalized spacial score (nSPS) is 26.7. The number of esters is 1. The molecular formula is C17H24NO4-. The summed E-state index contributed by atoms with van der Waals surface area (Å²) >= 11 is 0. The molecule has 0 heterocycles. The standard InChI is InChI=1S/C17H24NO4/c1-12-9-10-17(4,16(12,2)3)11-22-15(19)13-5-7-14(8-6-13)18(20)21/h5-8,12,20H,9-11H2,1-4H3/q-1/t12-,17+/m0/s1. The van der Waals surface area contributed by atoms with E-state index in [1.54, 1.807) is 0 Å². The van der Waals surface area contributed by atoms with Crippen molar-refractivity contribution < 1.29 is 14.7 Å². The average molecular weight is 306 g/mol. The minimum atomic E-state index is -0.404. The number of hydrogen-bond donors (Lipinski definition) is 1. The molecule has 0 aromatic heterocycles. The topological polar surface area (TPSA) is 72.8 Å². The molecule has 0 spiro atoms. The monoisotopic (exact) mass is 306 g/mol. The van der Waals surface area contributed by atoms with Crippen LogP contribution >= 0.6 is 0 Å². The fourth-order valence-corrected chi connectivity index (χ4v) is 3.10. The number of benzene rings is 1. The Kier molecular flexibility index (Phi) is 4.49. The van der Waals surface area contributed by atoms with E-state index < -0.39 is 5.97 Å². The molecule has 0 saturated heterocycles. The Bertz CT molecular complexity index is 538. The van der Waals surface area contributed by atoms with Crippen LogP contribution < -0.4 is 5.23 Å². The molecule has 1 aromatic carbocycles. The van der Waals surface area contributed by atoms with Crippen molar-refractivity contribution in [2.45, 2.75) is 40.5 Å². The fraction of sp³-hybridized carbons (Fsp3) is 0.588. The van der Waals surface area contributed by atoms with Crippen molar-refractivity contribution in [2.24, 2.45) is 16.7 Å². The van der Waals surface area contributed by atoms with Crippen molar-refractivity contribution in [3.05, 3.63) is 35.0 Å². The van der Waals surface area contributed by atoms with E-state index in [1.165, 1.54) is 24.3 Å². The second-order valence-electron chi connectivity index (χ2n) is 7.12. The number of hydrogen-bond acceptors (Lipinski definition) is 5. The molecule has 1 aliphatic carbocycles. The summed E-state index contributed by atoms with van der Waals surface area (Å²) in [4.78, 5) is 12.1. The molecular weight excluding hydrogens is 282 g/mol. The van der Waals surface area contributed by atoms with Crippen LogP contribution in [0.5, 0.6) is 0 Å². The number of carbonyl (C=O) groups excluding carboxylic acids is 1. The Balaban J connectivity index is 2.01. The molecule has 5 nitrogen and oxygen atoms in total. The quantitative estimate of drug-likeness (QED) is 0.672. The van der Waals surface area contributed by atoms with Gasteiger partial charge in [0.2, 0.25) is 0 Å². The zero-order chi connectivity index (χ0) is 16.5. The molecule has 5 heteroatoms. The van der Waals surface area contributed by atoms with Crippen molar-refractivity contribution in [1.29, 1.82) is 0 Å². The third-order valence-electron chi connectivity index (χ3n) is 5.76. The highest BCUT2D eigenvalue weighted by molar-refractivity contribution is 5.89. The van der Waals surface area contributed by atoms with Gasteiger partial charge in [-0.15, -0.1) is 0 Å². The molecule has 0 amide bonds. The van der Waals surface area contributed by atoms with Crippen LogP contribution in [0.2, 0.25) is 0 Å². The van der Waals surface area contributed by atoms with Crippen LogP contribution in [0.1, 0.15) is 50.9 Å². The van der Waals surface area contributed by atoms with E-state index in [0.29, 0.717) is 18.1 Å². The van der Waals surface area contributed by atoms with E-state index in [9.17, 15) is 10.0 Å². The Morgan fingerprint density at radius 2 is 1.95 bits per heavy atom. The van der Waals surface area contributed by atoms with Gasteiger partial charge in [0, 0.05) is 5.41 Å². The molecule has 1 aromatic rings. The van der Waals surface area contributed by atoms with Gasteiger partial charge in [0.15, 0.2) is 0 Å². The van der Waals surface area contributed by atoms with Crippen LogP contribution in [0.3, 0.4) is 0 Å². The van der Waals surface area contributed by atoms with Crippen molar-refractivity contribution in [1.82, 2.24) is 0 Å². The second-order valence-corrected chi connectivity index (χ2v) is 7.12. The summed E-state index contributed by atoms with van der Waals surface area (Å²) < 4.78 is 5.51. The Morgan fingerprint density at radius 3 is 2.41 bits per heavy atom. The van der Waals surface area contributed by atoms with Crippen LogP contribution in [0, 0.1) is 22.0 Å². The van der Waals surface area contributed by atoms with Gasteiger partial charge in [0.25, 0.3) is 0 Å². The summed E-state index contributed by atoms with van der Waals surface area (Å²) in [6.07, 6.45) is 2.19. The number of ether oxygens (including phenoxy) is 1. The highest BCUT2D eigenvalue weighted by atomic mass is 16.8. The first-order chi connectivity index (χ1) is 10.2. The predicted octanol–water partition coefficient (Wildman–Crippen LogP) is 4.00. The van der Waals surface area contributed by atoms with Crippen molar-refractivity contribution in [3.63, 3.8) is 0 Å². The zero-order valence-corrected chi connectivity index (χ0v) is 13.6. The minimum absolute atomic E-state index is 0.0288. The van der Waals surface area contributed by atoms with Crippen LogP contribution in [0.25, 0.3) is 0 Å². The Hall–Kier alpha value is -1.59. The molecule has 22 heavy (non-hydrogen) atoms. The number of nitrogens with zero attached hydrogens (tertiary/aromatic N) is 1. The zero-order valence-electron chi connectivity index (χ0n) is 13.6. The lowest BCUT2D eigenvalue weighted by molar-refractivity contribution is -0.00350. The van der Waals surface area contributed by atoms with Gasteiger partial charge >= 0.3 is 5.97 Å². The Labute approximate surface area is 131 Å². The Morgan fingerprint density at radius 1 is 1.36 bits per heavy atom. The molecule has 1 N–H and O–H groups in total. The van der Waals surface area contributed by atoms with Crippen LogP contribution in [-0.2, 0) is 4.74 Å². The van der Waals surface area contributed by atoms with E-state index in [0.717, 1.165) is 12.8 Å². The van der Waals surface area contributed by atoms with E-state index in [-0.39, 0.29) is 21.7 Å². The van der Waals surface area contributed by atoms with Gasteiger partial charge in [-0.25, -0.2) is 4.79 Å². The van der Waals surface area contributed by atoms with Gasteiger partial charge in [0.1, 0.15) is 0 Å². The summed E-state index contributed by atoms with van der Waals surface area (Å²) in [6.45, 7) is 9.27. The smallest absolute Gasteiger partial charge is 0.338 e. The van der Waals surface area contributed by atoms with E-state index in [1.807, 2.05) is 0 Å². The highest BCUT2D eigenvalue weighted by Gasteiger charge is 2.50. The SMILES string of the molecule is C[C@H]1CC[C@](C)(COC(=O)c2ccc(N([O-])O)cc2)C1(C)C. The summed E-state index contributed by atoms with van der Waals surface area (Å²) in [6, 6.07) is 5.72. The molecule has 1 saturated carbocycles. The van der Waals surface area contributed by atoms with Gasteiger partial charge in [-0.05, 0) is 48.4 Å². The summed E-state index contributed by atoms with van der Waals surface area (Å²) in [5.74, 6) is 0.196. The predicted molar refractivity (Wildman–Crippen MR) is 84.6 cm³/mol. The molecule has 122 valence electrons. The summed E-state index contributed by atoms with van der Waals surface area (Å²) in [5, 5.41) is 19.3. The van der Waals surface area contributed by atoms with Crippen LogP contribution in [-0.4, -0.2) is 17.8 Å². The number of anilines is 1. The van der Waals surface area contributed by atoms with Crippen molar-refractivity contribution in [3.8, 4) is 0 Å². The van der Waals surface area contributed by atoms with E-state index in [4.69, 9.17) is 9.94 Å². The molecule has 0 radical (unpaired) electrons. The maximum absolute atomic E-state index is 12.1. The molecule has 0 unspecified atom stereocenters. The third-order valence-corrected chi connectivity index (χ3v) is 5.76. The third kappa shape index (κ3) is 2.96. The first-order valence-corrected chi connectivity index (χ1v) is 7.61. The highest BCUT2D eigenvalue weighted by Crippen LogP contribution is 2.55. The lowest BCUT2D eigenvalue weighted by Gasteiger charge is -2.40. The summed E-state index contributed by atoms with van der Waals surface area (Å²) in [7, 11) is 0. The summed E-state index contributed by atoms with van der Waals surface area (Å²) in [5.41, 5.74) is 0.544. The minimum Gasteiger partial charge on any atom is -0.733 e. The van der Waals surface area contributed by atoms with Gasteiger partial charge in [-0.2, -0.15) is 0 Å². The second kappa shape index (κ2) is 5.89. The number of carbonyl (C=O) groups is 1. The molecule has 0 aliphatic heterocycles. The molecule has 2 atom stereocenters. The van der Waals surface area contributed by atoms with Gasteiger partial charge < -0.3 is 15.2 Å². The van der Waals surface area contributed by atoms with Gasteiger partial charge in [-0.1, -0.05) is 27.7 Å². The van der Waals surface area contributed by atoms with Gasteiger partial charge in [0.05, 0.1) is 17.9 Å². The van der Waals surface area contributed by atoms with E-state index in [2.05, 4.69) is 27.7 Å². The fourth-order valence-electron chi connectivity index (χ4n) is 3.10. The van der Waals surface area contributed by atoms with Crippen molar-refractivity contribution >= 4 is 11.7 Å². The lowest BCUT2D eigenvalue weighted by atomic mass is 9.66.